The molecule has 16 heavy (non-hydrogen) atoms. The number of rotatable bonds is 6. The zero-order chi connectivity index (χ0) is 12.2. The Kier molecular flexibility index (Phi) is 5.10. The second kappa shape index (κ2) is 5.71. The van der Waals surface area contributed by atoms with Crippen molar-refractivity contribution < 1.29 is 13.5 Å². The lowest BCUT2D eigenvalue weighted by molar-refractivity contribution is 0.294. The molecule has 0 bridgehead atoms. The van der Waals surface area contributed by atoms with Crippen LogP contribution in [0.2, 0.25) is 0 Å². The molecule has 1 unspecified atom stereocenters. The molecule has 0 saturated heterocycles. The minimum absolute atomic E-state index is 0.0717. The van der Waals surface area contributed by atoms with E-state index < -0.39 is 15.3 Å². The lowest BCUT2D eigenvalue weighted by Crippen LogP contribution is -2.42. The van der Waals surface area contributed by atoms with E-state index in [1.807, 2.05) is 6.26 Å². The van der Waals surface area contributed by atoms with Crippen LogP contribution in [0.5, 0.6) is 0 Å². The van der Waals surface area contributed by atoms with Gasteiger partial charge in [-0.2, -0.15) is 11.8 Å². The van der Waals surface area contributed by atoms with E-state index in [-0.39, 0.29) is 11.4 Å². The summed E-state index contributed by atoms with van der Waals surface area (Å²) >= 11 is 1.75. The van der Waals surface area contributed by atoms with Gasteiger partial charge in [-0.25, -0.2) is 13.1 Å². The normalized spacial score (nSPS) is 22.2. The van der Waals surface area contributed by atoms with Crippen LogP contribution in [0.25, 0.3) is 0 Å². The highest BCUT2D eigenvalue weighted by atomic mass is 32.2. The monoisotopic (exact) mass is 267 g/mol. The standard InChI is InChI=1S/C10H21NO3S2/c1-9(7-12)16(13,14)11-8-10(15-2)5-3-4-6-10/h9,11-12H,3-8H2,1-2H3. The molecule has 4 nitrogen and oxygen atoms in total. The van der Waals surface area contributed by atoms with E-state index in [4.69, 9.17) is 5.11 Å². The van der Waals surface area contributed by atoms with Crippen molar-refractivity contribution in [2.75, 3.05) is 19.4 Å². The fraction of sp³-hybridized carbons (Fsp3) is 1.00. The summed E-state index contributed by atoms with van der Waals surface area (Å²) in [5.41, 5.74) is 0. The molecule has 0 spiro atoms. The van der Waals surface area contributed by atoms with Crippen LogP contribution in [0.4, 0.5) is 0 Å². The Balaban J connectivity index is 2.56. The lowest BCUT2D eigenvalue weighted by atomic mass is 10.1. The molecule has 1 rings (SSSR count). The van der Waals surface area contributed by atoms with Crippen molar-refractivity contribution >= 4 is 21.8 Å². The summed E-state index contributed by atoms with van der Waals surface area (Å²) in [5.74, 6) is 0. The molecule has 0 radical (unpaired) electrons. The van der Waals surface area contributed by atoms with Gasteiger partial charge < -0.3 is 5.11 Å². The van der Waals surface area contributed by atoms with Crippen molar-refractivity contribution in [1.82, 2.24) is 4.72 Å². The maximum absolute atomic E-state index is 11.7. The highest BCUT2D eigenvalue weighted by molar-refractivity contribution is 8.00. The van der Waals surface area contributed by atoms with E-state index in [0.29, 0.717) is 6.54 Å². The fourth-order valence-corrected chi connectivity index (χ4v) is 3.91. The molecular formula is C10H21NO3S2. The van der Waals surface area contributed by atoms with E-state index in [1.54, 1.807) is 11.8 Å². The molecule has 0 aromatic heterocycles. The Labute approximate surface area is 102 Å². The molecule has 0 heterocycles. The van der Waals surface area contributed by atoms with E-state index >= 15 is 0 Å². The summed E-state index contributed by atoms with van der Waals surface area (Å²) in [7, 11) is -3.36. The van der Waals surface area contributed by atoms with E-state index in [0.717, 1.165) is 12.8 Å². The molecular weight excluding hydrogens is 246 g/mol. The second-order valence-corrected chi connectivity index (χ2v) is 7.91. The van der Waals surface area contributed by atoms with Gasteiger partial charge in [0.25, 0.3) is 0 Å². The average Bonchev–Trinajstić information content (AvgIpc) is 2.75. The van der Waals surface area contributed by atoms with Crippen LogP contribution >= 0.6 is 11.8 Å². The van der Waals surface area contributed by atoms with Gasteiger partial charge in [0.1, 0.15) is 0 Å². The average molecular weight is 267 g/mol. The summed E-state index contributed by atoms with van der Waals surface area (Å²) in [6.07, 6.45) is 6.54. The molecule has 96 valence electrons. The van der Waals surface area contributed by atoms with Crippen LogP contribution in [-0.2, 0) is 10.0 Å². The zero-order valence-electron chi connectivity index (χ0n) is 9.90. The summed E-state index contributed by atoms with van der Waals surface area (Å²) in [6, 6.07) is 0. The lowest BCUT2D eigenvalue weighted by Gasteiger charge is -2.27. The van der Waals surface area contributed by atoms with E-state index in [1.165, 1.54) is 19.8 Å². The van der Waals surface area contributed by atoms with Crippen molar-refractivity contribution in [3.63, 3.8) is 0 Å². The number of aliphatic hydroxyl groups excluding tert-OH is 1. The SMILES string of the molecule is CSC1(CNS(=O)(=O)C(C)CO)CCCC1. The molecule has 1 aliphatic carbocycles. The molecule has 1 saturated carbocycles. The van der Waals surface area contributed by atoms with Crippen LogP contribution in [0.1, 0.15) is 32.6 Å². The minimum atomic E-state index is -3.36. The highest BCUT2D eigenvalue weighted by Crippen LogP contribution is 2.39. The molecule has 2 N–H and O–H groups in total. The first-order valence-electron chi connectivity index (χ1n) is 5.60. The molecule has 0 amide bonds. The Morgan fingerprint density at radius 3 is 2.44 bits per heavy atom. The summed E-state index contributed by atoms with van der Waals surface area (Å²) < 4.78 is 26.1. The van der Waals surface area contributed by atoms with Crippen molar-refractivity contribution in [1.29, 1.82) is 0 Å². The first-order chi connectivity index (χ1) is 7.46. The number of aliphatic hydroxyl groups is 1. The number of hydrogen-bond donors (Lipinski definition) is 2. The molecule has 0 aliphatic heterocycles. The molecule has 1 atom stereocenters. The van der Waals surface area contributed by atoms with Gasteiger partial charge in [-0.1, -0.05) is 12.8 Å². The molecule has 0 aromatic carbocycles. The summed E-state index contributed by atoms with van der Waals surface area (Å²) in [5, 5.41) is 8.13. The van der Waals surface area contributed by atoms with Crippen LogP contribution in [0, 0.1) is 0 Å². The van der Waals surface area contributed by atoms with Crippen LogP contribution < -0.4 is 4.72 Å². The summed E-state index contributed by atoms with van der Waals surface area (Å²) in [4.78, 5) is 0. The minimum Gasteiger partial charge on any atom is -0.395 e. The smallest absolute Gasteiger partial charge is 0.216 e. The third kappa shape index (κ3) is 3.35. The molecule has 6 heteroatoms. The fourth-order valence-electron chi connectivity index (χ4n) is 1.94. The van der Waals surface area contributed by atoms with Crippen LogP contribution in [0.15, 0.2) is 0 Å². The van der Waals surface area contributed by atoms with Gasteiger partial charge in [0.15, 0.2) is 0 Å². The van der Waals surface area contributed by atoms with Crippen LogP contribution in [0.3, 0.4) is 0 Å². The van der Waals surface area contributed by atoms with E-state index in [2.05, 4.69) is 4.72 Å². The Hall–Kier alpha value is 0.220. The van der Waals surface area contributed by atoms with Crippen molar-refractivity contribution in [2.24, 2.45) is 0 Å². The van der Waals surface area contributed by atoms with E-state index in [9.17, 15) is 8.42 Å². The Morgan fingerprint density at radius 2 is 2.00 bits per heavy atom. The molecule has 1 aliphatic rings. The quantitative estimate of drug-likeness (QED) is 0.752. The van der Waals surface area contributed by atoms with Gasteiger partial charge in [0.05, 0.1) is 11.9 Å². The largest absolute Gasteiger partial charge is 0.395 e. The van der Waals surface area contributed by atoms with Gasteiger partial charge in [-0.15, -0.1) is 0 Å². The topological polar surface area (TPSA) is 66.4 Å². The highest BCUT2D eigenvalue weighted by Gasteiger charge is 2.34. The van der Waals surface area contributed by atoms with Crippen molar-refractivity contribution in [3.8, 4) is 0 Å². The number of hydrogen-bond acceptors (Lipinski definition) is 4. The van der Waals surface area contributed by atoms with Crippen LogP contribution in [-0.4, -0.2) is 42.9 Å². The maximum Gasteiger partial charge on any atom is 0.216 e. The Bertz CT molecular complexity index is 310. The number of thioether (sulfide) groups is 1. The Morgan fingerprint density at radius 1 is 1.44 bits per heavy atom. The predicted molar refractivity (Wildman–Crippen MR) is 68.2 cm³/mol. The maximum atomic E-state index is 11.7. The third-order valence-corrected chi connectivity index (χ3v) is 6.50. The predicted octanol–water partition coefficient (Wildman–Crippen LogP) is 0.962. The second-order valence-electron chi connectivity index (χ2n) is 4.45. The van der Waals surface area contributed by atoms with Gasteiger partial charge in [0, 0.05) is 11.3 Å². The molecule has 0 aromatic rings. The van der Waals surface area contributed by atoms with Crippen molar-refractivity contribution in [3.05, 3.63) is 0 Å². The van der Waals surface area contributed by atoms with Gasteiger partial charge in [0.2, 0.25) is 10.0 Å². The zero-order valence-corrected chi connectivity index (χ0v) is 11.5. The van der Waals surface area contributed by atoms with Gasteiger partial charge >= 0.3 is 0 Å². The summed E-state index contributed by atoms with van der Waals surface area (Å²) in [6.45, 7) is 1.67. The number of nitrogens with one attached hydrogen (secondary N) is 1. The first kappa shape index (κ1) is 14.3. The third-order valence-electron chi connectivity index (χ3n) is 3.33. The van der Waals surface area contributed by atoms with Crippen molar-refractivity contribution in [2.45, 2.75) is 42.6 Å². The first-order valence-corrected chi connectivity index (χ1v) is 8.37. The number of sulfonamides is 1. The molecule has 1 fully saturated rings. The van der Waals surface area contributed by atoms with Gasteiger partial charge in [-0.05, 0) is 26.0 Å². The van der Waals surface area contributed by atoms with Gasteiger partial charge in [-0.3, -0.25) is 0 Å².